The molecule has 2 rings (SSSR count). The van der Waals surface area contributed by atoms with Crippen LogP contribution >= 0.6 is 23.8 Å². The summed E-state index contributed by atoms with van der Waals surface area (Å²) in [4.78, 5) is 0.178. The number of thiocarbonyl (C=S) groups is 1. The van der Waals surface area contributed by atoms with E-state index in [2.05, 4.69) is 4.72 Å². The molecule has 1 aliphatic rings. The molecule has 0 aromatic heterocycles. The third-order valence-electron chi connectivity index (χ3n) is 3.63. The van der Waals surface area contributed by atoms with Crippen LogP contribution in [0.2, 0.25) is 5.02 Å². The highest BCUT2D eigenvalue weighted by atomic mass is 35.5. The second-order valence-corrected chi connectivity index (χ2v) is 7.94. The Morgan fingerprint density at radius 2 is 2.19 bits per heavy atom. The minimum Gasteiger partial charge on any atom is -0.389 e. The number of benzene rings is 1. The van der Waals surface area contributed by atoms with Crippen LogP contribution in [0.25, 0.3) is 0 Å². The van der Waals surface area contributed by atoms with Crippen molar-refractivity contribution in [3.63, 3.8) is 0 Å². The number of rotatable bonds is 7. The number of hydrogen-bond acceptors (Lipinski definition) is 3. The fraction of sp³-hybridized carbons (Fsp3) is 0.500. The predicted molar refractivity (Wildman–Crippen MR) is 89.1 cm³/mol. The van der Waals surface area contributed by atoms with Gasteiger partial charge in [0, 0.05) is 11.6 Å². The zero-order valence-electron chi connectivity index (χ0n) is 11.8. The summed E-state index contributed by atoms with van der Waals surface area (Å²) in [6.45, 7) is 1.97. The first-order valence-corrected chi connectivity index (χ1v) is 9.22. The first-order chi connectivity index (χ1) is 9.83. The summed E-state index contributed by atoms with van der Waals surface area (Å²) in [5.74, 6) is 0.649. The lowest BCUT2D eigenvalue weighted by atomic mass is 10.1. The molecule has 1 aliphatic carbocycles. The van der Waals surface area contributed by atoms with Gasteiger partial charge in [0.2, 0.25) is 10.0 Å². The van der Waals surface area contributed by atoms with Crippen molar-refractivity contribution < 1.29 is 8.42 Å². The quantitative estimate of drug-likeness (QED) is 0.745. The molecule has 1 aromatic rings. The lowest BCUT2D eigenvalue weighted by Gasteiger charge is -2.17. The molecule has 1 atom stereocenters. The summed E-state index contributed by atoms with van der Waals surface area (Å²) < 4.78 is 27.8. The van der Waals surface area contributed by atoms with Crippen LogP contribution in [-0.2, 0) is 10.0 Å². The van der Waals surface area contributed by atoms with E-state index in [0.717, 1.165) is 12.8 Å². The smallest absolute Gasteiger partial charge is 0.242 e. The lowest BCUT2D eigenvalue weighted by Crippen LogP contribution is -2.35. The minimum absolute atomic E-state index is 0.0312. The maximum atomic E-state index is 12.5. The molecule has 0 radical (unpaired) electrons. The Hall–Kier alpha value is -0.690. The maximum absolute atomic E-state index is 12.5. The largest absolute Gasteiger partial charge is 0.389 e. The summed E-state index contributed by atoms with van der Waals surface area (Å²) in [6.07, 6.45) is 4.01. The summed E-state index contributed by atoms with van der Waals surface area (Å²) in [5.41, 5.74) is 6.04. The molecular weight excluding hydrogens is 328 g/mol. The first kappa shape index (κ1) is 16.7. The van der Waals surface area contributed by atoms with Crippen LogP contribution in [0.1, 0.15) is 38.2 Å². The van der Waals surface area contributed by atoms with E-state index in [1.807, 2.05) is 6.92 Å². The standard InChI is InChI=1S/C14H19ClN2O2S2/c1-2-11(7-9-3-4-9)17-21(18,19)13-8-10(14(16)20)5-6-12(13)15/h5-6,8-9,11,17H,2-4,7H2,1H3,(H2,16,20). The number of halogens is 1. The van der Waals surface area contributed by atoms with Crippen molar-refractivity contribution >= 4 is 38.8 Å². The van der Waals surface area contributed by atoms with Gasteiger partial charge in [-0.2, -0.15) is 0 Å². The van der Waals surface area contributed by atoms with Crippen molar-refractivity contribution in [2.75, 3.05) is 0 Å². The first-order valence-electron chi connectivity index (χ1n) is 6.95. The van der Waals surface area contributed by atoms with E-state index in [1.54, 1.807) is 6.07 Å². The van der Waals surface area contributed by atoms with Gasteiger partial charge in [0.25, 0.3) is 0 Å². The molecule has 1 unspecified atom stereocenters. The van der Waals surface area contributed by atoms with E-state index in [9.17, 15) is 8.42 Å². The average molecular weight is 347 g/mol. The van der Waals surface area contributed by atoms with Gasteiger partial charge in [0.15, 0.2) is 0 Å². The second kappa shape index (κ2) is 6.60. The van der Waals surface area contributed by atoms with Crippen molar-refractivity contribution in [2.24, 2.45) is 11.7 Å². The fourth-order valence-electron chi connectivity index (χ4n) is 2.20. The molecule has 1 saturated carbocycles. The monoisotopic (exact) mass is 346 g/mol. The molecular formula is C14H19ClN2O2S2. The second-order valence-electron chi connectivity index (χ2n) is 5.41. The number of nitrogens with two attached hydrogens (primary N) is 1. The van der Waals surface area contributed by atoms with Crippen LogP contribution in [0, 0.1) is 5.92 Å². The molecule has 0 spiro atoms. The number of hydrogen-bond donors (Lipinski definition) is 2. The Morgan fingerprint density at radius 1 is 1.52 bits per heavy atom. The van der Waals surface area contributed by atoms with Crippen molar-refractivity contribution in [1.82, 2.24) is 4.72 Å². The Morgan fingerprint density at radius 3 is 2.71 bits per heavy atom. The van der Waals surface area contributed by atoms with Crippen LogP contribution in [-0.4, -0.2) is 19.4 Å². The summed E-state index contributed by atoms with van der Waals surface area (Å²) in [5, 5.41) is 0.170. The van der Waals surface area contributed by atoms with Gasteiger partial charge in [-0.1, -0.05) is 49.7 Å². The van der Waals surface area contributed by atoms with E-state index in [1.165, 1.54) is 25.0 Å². The lowest BCUT2D eigenvalue weighted by molar-refractivity contribution is 0.495. The molecule has 0 heterocycles. The average Bonchev–Trinajstić information content (AvgIpc) is 3.21. The predicted octanol–water partition coefficient (Wildman–Crippen LogP) is 2.83. The molecule has 7 heteroatoms. The Kier molecular flexibility index (Phi) is 5.24. The molecule has 0 saturated heterocycles. The Balaban J connectivity index is 2.25. The molecule has 1 aromatic carbocycles. The van der Waals surface area contributed by atoms with E-state index < -0.39 is 10.0 Å². The number of nitrogens with one attached hydrogen (secondary N) is 1. The third-order valence-corrected chi connectivity index (χ3v) is 5.87. The van der Waals surface area contributed by atoms with Gasteiger partial charge >= 0.3 is 0 Å². The van der Waals surface area contributed by atoms with Crippen molar-refractivity contribution in [1.29, 1.82) is 0 Å². The molecule has 3 N–H and O–H groups in total. The van der Waals surface area contributed by atoms with Crippen LogP contribution in [0.15, 0.2) is 23.1 Å². The van der Waals surface area contributed by atoms with Gasteiger partial charge < -0.3 is 5.73 Å². The van der Waals surface area contributed by atoms with E-state index in [0.29, 0.717) is 11.5 Å². The van der Waals surface area contributed by atoms with Crippen LogP contribution in [0.4, 0.5) is 0 Å². The highest BCUT2D eigenvalue weighted by molar-refractivity contribution is 7.89. The molecule has 1 fully saturated rings. The highest BCUT2D eigenvalue weighted by Gasteiger charge is 2.28. The molecule has 0 amide bonds. The van der Waals surface area contributed by atoms with Crippen molar-refractivity contribution in [3.05, 3.63) is 28.8 Å². The minimum atomic E-state index is -3.67. The Bertz CT molecular complexity index is 642. The van der Waals surface area contributed by atoms with Gasteiger partial charge in [-0.3, -0.25) is 0 Å². The summed E-state index contributed by atoms with van der Waals surface area (Å²) in [6, 6.07) is 4.49. The van der Waals surface area contributed by atoms with Gasteiger partial charge in [-0.25, -0.2) is 13.1 Å². The van der Waals surface area contributed by atoms with Crippen molar-refractivity contribution in [3.8, 4) is 0 Å². The third kappa shape index (κ3) is 4.39. The Labute approximate surface area is 136 Å². The maximum Gasteiger partial charge on any atom is 0.242 e. The van der Waals surface area contributed by atoms with E-state index in [4.69, 9.17) is 29.6 Å². The molecule has 21 heavy (non-hydrogen) atoms. The van der Waals surface area contributed by atoms with Crippen LogP contribution in [0.3, 0.4) is 0 Å². The zero-order chi connectivity index (χ0) is 15.6. The number of sulfonamides is 1. The van der Waals surface area contributed by atoms with Gasteiger partial charge in [-0.05, 0) is 30.9 Å². The normalized spacial score (nSPS) is 16.7. The highest BCUT2D eigenvalue weighted by Crippen LogP contribution is 2.34. The molecule has 116 valence electrons. The fourth-order valence-corrected chi connectivity index (χ4v) is 4.18. The van der Waals surface area contributed by atoms with Gasteiger partial charge in [0.1, 0.15) is 9.88 Å². The van der Waals surface area contributed by atoms with Crippen molar-refractivity contribution in [2.45, 2.75) is 43.5 Å². The SMILES string of the molecule is CCC(CC1CC1)NS(=O)(=O)c1cc(C(N)=S)ccc1Cl. The topological polar surface area (TPSA) is 72.2 Å². The van der Waals surface area contributed by atoms with Crippen LogP contribution < -0.4 is 10.5 Å². The van der Waals surface area contributed by atoms with Crippen LogP contribution in [0.5, 0.6) is 0 Å². The summed E-state index contributed by atoms with van der Waals surface area (Å²) >= 11 is 10.9. The molecule has 4 nitrogen and oxygen atoms in total. The van der Waals surface area contributed by atoms with Gasteiger partial charge in [0.05, 0.1) is 5.02 Å². The van der Waals surface area contributed by atoms with E-state index >= 15 is 0 Å². The summed E-state index contributed by atoms with van der Waals surface area (Å²) in [7, 11) is -3.67. The molecule has 0 aliphatic heterocycles. The van der Waals surface area contributed by atoms with E-state index in [-0.39, 0.29) is 20.9 Å². The molecule has 0 bridgehead atoms. The zero-order valence-corrected chi connectivity index (χ0v) is 14.2. The van der Waals surface area contributed by atoms with Gasteiger partial charge in [-0.15, -0.1) is 0 Å².